The molecule has 3 heterocycles. The van der Waals surface area contributed by atoms with Gasteiger partial charge in [0.25, 0.3) is 5.56 Å². The van der Waals surface area contributed by atoms with E-state index in [2.05, 4.69) is 9.97 Å². The van der Waals surface area contributed by atoms with E-state index in [1.807, 2.05) is 42.5 Å². The third-order valence-electron chi connectivity index (χ3n) is 3.19. The first-order chi connectivity index (χ1) is 9.84. The van der Waals surface area contributed by atoms with Gasteiger partial charge in [-0.05, 0) is 24.3 Å². The van der Waals surface area contributed by atoms with Gasteiger partial charge in [0.05, 0.1) is 11.2 Å². The summed E-state index contributed by atoms with van der Waals surface area (Å²) in [7, 11) is 0. The molecule has 0 aliphatic heterocycles. The van der Waals surface area contributed by atoms with Crippen molar-refractivity contribution in [2.75, 3.05) is 0 Å². The van der Waals surface area contributed by atoms with Crippen LogP contribution in [0.3, 0.4) is 0 Å². The minimum atomic E-state index is -0.0517. The van der Waals surface area contributed by atoms with Gasteiger partial charge in [0, 0.05) is 11.6 Å². The zero-order valence-electron chi connectivity index (χ0n) is 10.4. The second-order valence-electron chi connectivity index (χ2n) is 4.39. The molecule has 4 rings (SSSR count). The van der Waals surface area contributed by atoms with Gasteiger partial charge in [0.15, 0.2) is 0 Å². The molecule has 0 saturated carbocycles. The first-order valence-electron chi connectivity index (χ1n) is 6.15. The van der Waals surface area contributed by atoms with Gasteiger partial charge in [-0.3, -0.25) is 9.36 Å². The lowest BCUT2D eigenvalue weighted by molar-refractivity contribution is 0.968. The Kier molecular flexibility index (Phi) is 2.40. The Hall–Kier alpha value is -2.53. The summed E-state index contributed by atoms with van der Waals surface area (Å²) in [4.78, 5) is 22.2. The monoisotopic (exact) mass is 279 g/mol. The lowest BCUT2D eigenvalue weighted by Crippen LogP contribution is -2.17. The molecule has 20 heavy (non-hydrogen) atoms. The number of fused-ring (bicyclic) bond motifs is 3. The first kappa shape index (κ1) is 11.3. The Bertz CT molecular complexity index is 973. The fourth-order valence-corrected chi connectivity index (χ4v) is 3.27. The summed E-state index contributed by atoms with van der Waals surface area (Å²) in [6.45, 7) is 0. The van der Waals surface area contributed by atoms with Crippen LogP contribution in [0.4, 0.5) is 0 Å². The summed E-state index contributed by atoms with van der Waals surface area (Å²) in [5.74, 6) is 0. The van der Waals surface area contributed by atoms with E-state index in [1.165, 1.54) is 11.3 Å². The number of benzene rings is 1. The van der Waals surface area contributed by atoms with E-state index in [1.54, 1.807) is 17.1 Å². The quantitative estimate of drug-likeness (QED) is 0.538. The van der Waals surface area contributed by atoms with E-state index in [0.717, 1.165) is 21.4 Å². The molecule has 4 nitrogen and oxygen atoms in total. The van der Waals surface area contributed by atoms with Gasteiger partial charge in [-0.1, -0.05) is 18.2 Å². The average molecular weight is 279 g/mol. The number of rotatable bonds is 1. The lowest BCUT2D eigenvalue weighted by Gasteiger charge is -2.03. The molecule has 0 amide bonds. The summed E-state index contributed by atoms with van der Waals surface area (Å²) in [6, 6.07) is 13.3. The van der Waals surface area contributed by atoms with Crippen molar-refractivity contribution in [1.82, 2.24) is 14.5 Å². The van der Waals surface area contributed by atoms with Crippen molar-refractivity contribution in [2.45, 2.75) is 0 Å². The molecule has 0 N–H and O–H groups in total. The van der Waals surface area contributed by atoms with Crippen molar-refractivity contribution in [3.8, 4) is 5.69 Å². The summed E-state index contributed by atoms with van der Waals surface area (Å²) in [5.41, 5.74) is 1.50. The largest absolute Gasteiger partial charge is 0.275 e. The number of nitrogens with zero attached hydrogens (tertiary/aromatic N) is 3. The molecular formula is C15H9N3OS. The molecule has 3 aromatic heterocycles. The first-order valence-corrected chi connectivity index (χ1v) is 6.96. The summed E-state index contributed by atoms with van der Waals surface area (Å²) >= 11 is 1.39. The highest BCUT2D eigenvalue weighted by molar-refractivity contribution is 7.25. The van der Waals surface area contributed by atoms with Gasteiger partial charge in [-0.2, -0.15) is 0 Å². The van der Waals surface area contributed by atoms with Crippen LogP contribution in [-0.2, 0) is 0 Å². The lowest BCUT2D eigenvalue weighted by atomic mass is 10.3. The molecule has 0 unspecified atom stereocenters. The molecule has 4 aromatic rings. The van der Waals surface area contributed by atoms with Crippen molar-refractivity contribution < 1.29 is 0 Å². The predicted octanol–water partition coefficient (Wildman–Crippen LogP) is 3.00. The van der Waals surface area contributed by atoms with E-state index < -0.39 is 0 Å². The maximum absolute atomic E-state index is 12.6. The Morgan fingerprint density at radius 1 is 1.00 bits per heavy atom. The normalized spacial score (nSPS) is 11.2. The third-order valence-corrected chi connectivity index (χ3v) is 4.28. The molecule has 0 atom stereocenters. The highest BCUT2D eigenvalue weighted by atomic mass is 32.1. The van der Waals surface area contributed by atoms with E-state index in [-0.39, 0.29) is 5.56 Å². The maximum atomic E-state index is 12.6. The molecule has 0 fully saturated rings. The molecule has 0 saturated heterocycles. The molecule has 0 aliphatic carbocycles. The summed E-state index contributed by atoms with van der Waals surface area (Å²) < 4.78 is 2.21. The minimum Gasteiger partial charge on any atom is -0.267 e. The highest BCUT2D eigenvalue weighted by Gasteiger charge is 2.12. The Morgan fingerprint density at radius 3 is 2.70 bits per heavy atom. The van der Waals surface area contributed by atoms with Crippen molar-refractivity contribution in [1.29, 1.82) is 0 Å². The van der Waals surface area contributed by atoms with Crippen LogP contribution in [0.2, 0.25) is 0 Å². The average Bonchev–Trinajstić information content (AvgIpc) is 2.88. The van der Waals surface area contributed by atoms with Crippen molar-refractivity contribution in [3.63, 3.8) is 0 Å². The smallest absolute Gasteiger partial charge is 0.267 e. The number of para-hydroxylation sites is 1. The number of hydrogen-bond acceptors (Lipinski definition) is 4. The molecular weight excluding hydrogens is 270 g/mol. The van der Waals surface area contributed by atoms with Crippen LogP contribution in [0.5, 0.6) is 0 Å². The summed E-state index contributed by atoms with van der Waals surface area (Å²) in [5, 5.41) is 0.935. The zero-order chi connectivity index (χ0) is 13.5. The molecule has 96 valence electrons. The van der Waals surface area contributed by atoms with Crippen LogP contribution in [0.1, 0.15) is 0 Å². The Balaban J connectivity index is 2.10. The third kappa shape index (κ3) is 1.57. The van der Waals surface area contributed by atoms with Crippen molar-refractivity contribution in [3.05, 3.63) is 65.3 Å². The maximum Gasteiger partial charge on any atom is 0.275 e. The molecule has 0 bridgehead atoms. The number of pyridine rings is 1. The van der Waals surface area contributed by atoms with E-state index >= 15 is 0 Å². The van der Waals surface area contributed by atoms with Gasteiger partial charge in [0.2, 0.25) is 0 Å². The highest BCUT2D eigenvalue weighted by Crippen LogP contribution is 2.28. The van der Waals surface area contributed by atoms with Crippen molar-refractivity contribution in [2.24, 2.45) is 0 Å². The van der Waals surface area contributed by atoms with Crippen LogP contribution >= 0.6 is 11.3 Å². The van der Waals surface area contributed by atoms with E-state index in [4.69, 9.17) is 0 Å². The standard InChI is InChI=1S/C15H9N3OS/c19-15-13-12(11-7-4-8-16-14(11)20-13)17-9-18(15)10-5-2-1-3-6-10/h1-9H. The van der Waals surface area contributed by atoms with Crippen LogP contribution in [-0.4, -0.2) is 14.5 Å². The Morgan fingerprint density at radius 2 is 1.85 bits per heavy atom. The second-order valence-corrected chi connectivity index (χ2v) is 5.39. The van der Waals surface area contributed by atoms with Crippen LogP contribution in [0, 0.1) is 0 Å². The number of thiophene rings is 1. The number of aromatic nitrogens is 3. The minimum absolute atomic E-state index is 0.0517. The number of hydrogen-bond donors (Lipinski definition) is 0. The second kappa shape index (κ2) is 4.25. The predicted molar refractivity (Wildman–Crippen MR) is 80.5 cm³/mol. The molecule has 5 heteroatoms. The van der Waals surface area contributed by atoms with E-state index in [9.17, 15) is 4.79 Å². The van der Waals surface area contributed by atoms with Gasteiger partial charge >= 0.3 is 0 Å². The SMILES string of the molecule is O=c1c2sc3ncccc3c2ncn1-c1ccccc1. The Labute approximate surface area is 118 Å². The van der Waals surface area contributed by atoms with Gasteiger partial charge in [0.1, 0.15) is 15.9 Å². The van der Waals surface area contributed by atoms with Gasteiger partial charge in [-0.25, -0.2) is 9.97 Å². The van der Waals surface area contributed by atoms with Crippen LogP contribution in [0.25, 0.3) is 26.1 Å². The summed E-state index contributed by atoms with van der Waals surface area (Å²) in [6.07, 6.45) is 3.31. The van der Waals surface area contributed by atoms with Crippen LogP contribution in [0.15, 0.2) is 59.8 Å². The molecule has 1 aromatic carbocycles. The van der Waals surface area contributed by atoms with Gasteiger partial charge < -0.3 is 0 Å². The molecule has 0 spiro atoms. The topological polar surface area (TPSA) is 47.8 Å². The fourth-order valence-electron chi connectivity index (χ4n) is 2.24. The molecule has 0 aliphatic rings. The zero-order valence-corrected chi connectivity index (χ0v) is 11.2. The molecule has 0 radical (unpaired) electrons. The fraction of sp³-hybridized carbons (Fsp3) is 0. The van der Waals surface area contributed by atoms with Gasteiger partial charge in [-0.15, -0.1) is 11.3 Å². The van der Waals surface area contributed by atoms with Crippen LogP contribution < -0.4 is 5.56 Å². The van der Waals surface area contributed by atoms with Crippen molar-refractivity contribution >= 4 is 31.8 Å². The van der Waals surface area contributed by atoms with E-state index in [0.29, 0.717) is 4.70 Å².